The maximum atomic E-state index is 12.7. The Kier molecular flexibility index (Phi) is 6.26. The number of anilines is 1. The van der Waals surface area contributed by atoms with Gasteiger partial charge < -0.3 is 10.2 Å². The van der Waals surface area contributed by atoms with Crippen LogP contribution >= 0.6 is 23.2 Å². The smallest absolute Gasteiger partial charge is 0.246 e. The van der Waals surface area contributed by atoms with Gasteiger partial charge in [-0.25, -0.2) is 4.98 Å². The van der Waals surface area contributed by atoms with Crippen molar-refractivity contribution in [3.05, 3.63) is 81.6 Å². The number of hydrogen-bond acceptors (Lipinski definition) is 3. The second-order valence-electron chi connectivity index (χ2n) is 7.56. The molecule has 0 aliphatic carbocycles. The first-order chi connectivity index (χ1) is 14.5. The van der Waals surface area contributed by atoms with E-state index < -0.39 is 0 Å². The molecular weight excluding hydrogens is 417 g/mol. The molecule has 2 aromatic rings. The van der Waals surface area contributed by atoms with Gasteiger partial charge in [-0.1, -0.05) is 48.0 Å². The number of rotatable bonds is 3. The molecule has 6 heteroatoms. The molecule has 2 aliphatic heterocycles. The van der Waals surface area contributed by atoms with Crippen LogP contribution in [0.4, 0.5) is 5.82 Å². The number of aryl methyl sites for hydroxylation is 1. The van der Waals surface area contributed by atoms with Gasteiger partial charge in [-0.2, -0.15) is 0 Å². The van der Waals surface area contributed by atoms with E-state index in [1.165, 1.54) is 0 Å². The van der Waals surface area contributed by atoms with Crippen LogP contribution in [0, 0.1) is 0 Å². The van der Waals surface area contributed by atoms with Crippen molar-refractivity contribution in [1.29, 1.82) is 0 Å². The van der Waals surface area contributed by atoms with Crippen molar-refractivity contribution in [2.45, 2.75) is 25.7 Å². The number of benzene rings is 1. The number of hydrogen-bond donors (Lipinski definition) is 1. The van der Waals surface area contributed by atoms with Gasteiger partial charge in [-0.15, -0.1) is 0 Å². The van der Waals surface area contributed by atoms with Gasteiger partial charge in [0.1, 0.15) is 5.82 Å². The zero-order valence-corrected chi connectivity index (χ0v) is 18.1. The van der Waals surface area contributed by atoms with Crippen LogP contribution in [0.2, 0.25) is 10.0 Å². The van der Waals surface area contributed by atoms with Crippen molar-refractivity contribution in [3.63, 3.8) is 0 Å². The van der Waals surface area contributed by atoms with Crippen LogP contribution in [0.3, 0.4) is 0 Å². The number of pyridine rings is 1. The lowest BCUT2D eigenvalue weighted by atomic mass is 10.0. The second-order valence-corrected chi connectivity index (χ2v) is 8.34. The van der Waals surface area contributed by atoms with Gasteiger partial charge in [-0.3, -0.25) is 4.79 Å². The quantitative estimate of drug-likeness (QED) is 0.598. The molecule has 4 nitrogen and oxygen atoms in total. The molecule has 1 aromatic heterocycles. The van der Waals surface area contributed by atoms with E-state index in [0.29, 0.717) is 23.1 Å². The highest BCUT2D eigenvalue weighted by Crippen LogP contribution is 2.33. The highest BCUT2D eigenvalue weighted by Gasteiger charge is 2.17. The normalized spacial score (nSPS) is 16.7. The Morgan fingerprint density at radius 1 is 1.23 bits per heavy atom. The minimum Gasteiger partial charge on any atom is -0.344 e. The van der Waals surface area contributed by atoms with Crippen molar-refractivity contribution < 1.29 is 4.79 Å². The van der Waals surface area contributed by atoms with E-state index in [9.17, 15) is 4.79 Å². The monoisotopic (exact) mass is 439 g/mol. The summed E-state index contributed by atoms with van der Waals surface area (Å²) in [7, 11) is 0. The molecule has 0 saturated carbocycles. The van der Waals surface area contributed by atoms with Crippen molar-refractivity contribution in [3.8, 4) is 0 Å². The molecule has 0 bridgehead atoms. The molecule has 0 radical (unpaired) electrons. The lowest BCUT2D eigenvalue weighted by Crippen LogP contribution is -2.29. The van der Waals surface area contributed by atoms with Gasteiger partial charge in [0.05, 0.1) is 10.0 Å². The zero-order chi connectivity index (χ0) is 21.1. The number of nitrogens with one attached hydrogen (secondary N) is 1. The number of carbonyl (C=O) groups excluding carboxylic acids is 1. The summed E-state index contributed by atoms with van der Waals surface area (Å²) < 4.78 is 0. The fourth-order valence-corrected chi connectivity index (χ4v) is 4.20. The predicted octanol–water partition coefficient (Wildman–Crippen LogP) is 5.98. The summed E-state index contributed by atoms with van der Waals surface area (Å²) in [5.74, 6) is 0.855. The largest absolute Gasteiger partial charge is 0.344 e. The average Bonchev–Trinajstić information content (AvgIpc) is 3.00. The number of nitrogens with zero attached hydrogens (tertiary/aromatic N) is 2. The summed E-state index contributed by atoms with van der Waals surface area (Å²) in [5, 5.41) is 4.33. The first kappa shape index (κ1) is 20.7. The minimum absolute atomic E-state index is 0.00563. The standard InChI is InChI=1S/C24H23Cl2N3O/c1-16-7-9-19-14-17(15-27-24(19)28-16)8-10-22(30)29-12-3-4-18(11-13-29)20-5-2-6-21(25)23(20)26/h2,5-6,8,10-11,14-15H,1,3-4,7,9,12-13H2,(H,27,28)/b10-8+. The molecule has 0 saturated heterocycles. The number of allylic oxidation sites excluding steroid dienone is 2. The Morgan fingerprint density at radius 2 is 2.10 bits per heavy atom. The number of carbonyl (C=O) groups is 1. The summed E-state index contributed by atoms with van der Waals surface area (Å²) in [6.07, 6.45) is 10.9. The fraction of sp³-hybridized carbons (Fsp3) is 0.250. The van der Waals surface area contributed by atoms with Gasteiger partial charge in [0.15, 0.2) is 0 Å². The van der Waals surface area contributed by atoms with E-state index in [1.807, 2.05) is 23.1 Å². The van der Waals surface area contributed by atoms with Crippen molar-refractivity contribution in [2.75, 3.05) is 18.4 Å². The Balaban J connectivity index is 1.44. The van der Waals surface area contributed by atoms with E-state index in [-0.39, 0.29) is 5.91 Å². The molecule has 30 heavy (non-hydrogen) atoms. The third kappa shape index (κ3) is 4.61. The Labute approximate surface area is 186 Å². The highest BCUT2D eigenvalue weighted by molar-refractivity contribution is 6.43. The van der Waals surface area contributed by atoms with Gasteiger partial charge >= 0.3 is 0 Å². The molecule has 1 amide bonds. The molecular formula is C24H23Cl2N3O. The van der Waals surface area contributed by atoms with Crippen LogP contribution in [0.25, 0.3) is 11.6 Å². The molecule has 0 atom stereocenters. The third-order valence-corrected chi connectivity index (χ3v) is 6.26. The maximum absolute atomic E-state index is 12.7. The Morgan fingerprint density at radius 3 is 2.97 bits per heavy atom. The number of halogens is 2. The highest BCUT2D eigenvalue weighted by atomic mass is 35.5. The summed E-state index contributed by atoms with van der Waals surface area (Å²) in [6, 6.07) is 7.74. The first-order valence-electron chi connectivity index (χ1n) is 10.1. The van der Waals surface area contributed by atoms with Gasteiger partial charge in [0.2, 0.25) is 5.91 Å². The van der Waals surface area contributed by atoms with Gasteiger partial charge in [0, 0.05) is 31.1 Å². The van der Waals surface area contributed by atoms with E-state index in [2.05, 4.69) is 29.0 Å². The third-order valence-electron chi connectivity index (χ3n) is 5.44. The van der Waals surface area contributed by atoms with E-state index in [4.69, 9.17) is 23.2 Å². The topological polar surface area (TPSA) is 45.2 Å². The zero-order valence-electron chi connectivity index (χ0n) is 16.6. The molecule has 0 spiro atoms. The molecule has 0 unspecified atom stereocenters. The molecule has 3 heterocycles. The average molecular weight is 440 g/mol. The summed E-state index contributed by atoms with van der Waals surface area (Å²) >= 11 is 12.5. The molecule has 0 fully saturated rings. The number of amides is 1. The molecule has 1 aromatic carbocycles. The van der Waals surface area contributed by atoms with E-state index in [1.54, 1.807) is 18.3 Å². The van der Waals surface area contributed by atoms with Gasteiger partial charge in [0.25, 0.3) is 0 Å². The first-order valence-corrected chi connectivity index (χ1v) is 10.8. The number of aromatic nitrogens is 1. The second kappa shape index (κ2) is 9.07. The minimum atomic E-state index is -0.00563. The van der Waals surface area contributed by atoms with Crippen LogP contribution in [0.15, 0.2) is 54.9 Å². The van der Waals surface area contributed by atoms with Crippen LogP contribution in [0.5, 0.6) is 0 Å². The molecule has 1 N–H and O–H groups in total. The Hall–Kier alpha value is -2.56. The molecule has 154 valence electrons. The summed E-state index contributed by atoms with van der Waals surface area (Å²) in [6.45, 7) is 5.21. The number of fused-ring (bicyclic) bond motifs is 1. The Bertz CT molecular complexity index is 1060. The SMILES string of the molecule is C=C1CCc2cc(/C=C/C(=O)N3CC=C(c4cccc(Cl)c4Cl)CCC3)cnc2N1. The van der Waals surface area contributed by atoms with Crippen molar-refractivity contribution in [2.24, 2.45) is 0 Å². The van der Waals surface area contributed by atoms with Crippen molar-refractivity contribution >= 4 is 46.6 Å². The fourth-order valence-electron chi connectivity index (χ4n) is 3.78. The van der Waals surface area contributed by atoms with Crippen LogP contribution < -0.4 is 5.32 Å². The lowest BCUT2D eigenvalue weighted by Gasteiger charge is -2.19. The van der Waals surface area contributed by atoms with Gasteiger partial charge in [-0.05, 0) is 66.2 Å². The lowest BCUT2D eigenvalue weighted by molar-refractivity contribution is -0.125. The molecule has 2 aliphatic rings. The van der Waals surface area contributed by atoms with E-state index in [0.717, 1.165) is 59.5 Å². The van der Waals surface area contributed by atoms with Crippen LogP contribution in [0.1, 0.15) is 36.0 Å². The maximum Gasteiger partial charge on any atom is 0.246 e. The van der Waals surface area contributed by atoms with Crippen LogP contribution in [-0.2, 0) is 11.2 Å². The van der Waals surface area contributed by atoms with E-state index >= 15 is 0 Å². The summed E-state index contributed by atoms with van der Waals surface area (Å²) in [4.78, 5) is 19.0. The van der Waals surface area contributed by atoms with Crippen molar-refractivity contribution in [1.82, 2.24) is 9.88 Å². The molecule has 4 rings (SSSR count). The van der Waals surface area contributed by atoms with Crippen LogP contribution in [-0.4, -0.2) is 28.9 Å². The predicted molar refractivity (Wildman–Crippen MR) is 125 cm³/mol. The summed E-state index contributed by atoms with van der Waals surface area (Å²) in [5.41, 5.74) is 5.15.